The lowest BCUT2D eigenvalue weighted by Gasteiger charge is -2.08. The Kier molecular flexibility index (Phi) is 4.43. The lowest BCUT2D eigenvalue weighted by atomic mass is 10.1. The van der Waals surface area contributed by atoms with Gasteiger partial charge in [0.1, 0.15) is 11.1 Å². The fourth-order valence-corrected chi connectivity index (χ4v) is 2.80. The van der Waals surface area contributed by atoms with Crippen LogP contribution in [0.4, 0.5) is 5.69 Å². The van der Waals surface area contributed by atoms with Crippen LogP contribution in [0.3, 0.4) is 0 Å². The van der Waals surface area contributed by atoms with E-state index in [1.807, 2.05) is 0 Å². The number of rotatable bonds is 2. The van der Waals surface area contributed by atoms with Crippen molar-refractivity contribution in [1.82, 2.24) is 0 Å². The number of anilines is 1. The monoisotopic (exact) mass is 410 g/mol. The molecule has 0 aliphatic heterocycles. The van der Waals surface area contributed by atoms with E-state index in [1.165, 1.54) is 0 Å². The summed E-state index contributed by atoms with van der Waals surface area (Å²) in [5, 5.41) is 11.8. The van der Waals surface area contributed by atoms with Crippen molar-refractivity contribution >= 4 is 61.7 Å². The molecule has 2 aromatic carbocycles. The highest BCUT2D eigenvalue weighted by atomic mass is 79.9. The second-order valence-corrected chi connectivity index (χ2v) is 6.43. The van der Waals surface area contributed by atoms with Gasteiger partial charge in [-0.2, -0.15) is 0 Å². The normalized spacial score (nSPS) is 10.7. The summed E-state index contributed by atoms with van der Waals surface area (Å²) in [6.07, 6.45) is 0. The Morgan fingerprint density at radius 3 is 2.74 bits per heavy atom. The molecule has 116 valence electrons. The van der Waals surface area contributed by atoms with Gasteiger partial charge in [0, 0.05) is 9.86 Å². The first-order valence-electron chi connectivity index (χ1n) is 6.49. The van der Waals surface area contributed by atoms with E-state index in [0.717, 1.165) is 4.47 Å². The molecular formula is C16H9BrCl2N2O2. The molecule has 0 saturated carbocycles. The van der Waals surface area contributed by atoms with Crippen molar-refractivity contribution < 1.29 is 9.21 Å². The Morgan fingerprint density at radius 1 is 1.17 bits per heavy atom. The van der Waals surface area contributed by atoms with Gasteiger partial charge >= 0.3 is 0 Å². The summed E-state index contributed by atoms with van der Waals surface area (Å²) in [5.74, 6) is -0.496. The fourth-order valence-electron chi connectivity index (χ4n) is 2.07. The highest BCUT2D eigenvalue weighted by Crippen LogP contribution is 2.29. The van der Waals surface area contributed by atoms with Crippen molar-refractivity contribution in [3.63, 3.8) is 0 Å². The SMILES string of the molecule is N=c1oc2ccc(Br)cc2cc1C(=O)Nc1cccc(Cl)c1Cl. The van der Waals surface area contributed by atoms with Crippen molar-refractivity contribution in [3.05, 3.63) is 68.1 Å². The average molecular weight is 412 g/mol. The van der Waals surface area contributed by atoms with Gasteiger partial charge in [0.15, 0.2) is 0 Å². The van der Waals surface area contributed by atoms with Crippen LogP contribution in [-0.4, -0.2) is 5.91 Å². The minimum absolute atomic E-state index is 0.103. The molecule has 1 heterocycles. The summed E-state index contributed by atoms with van der Waals surface area (Å²) < 4.78 is 6.24. The fraction of sp³-hybridized carbons (Fsp3) is 0. The summed E-state index contributed by atoms with van der Waals surface area (Å²) in [6.45, 7) is 0. The van der Waals surface area contributed by atoms with Crippen LogP contribution < -0.4 is 10.9 Å². The Hall–Kier alpha value is -1.82. The summed E-state index contributed by atoms with van der Waals surface area (Å²) in [5.41, 5.74) is 0.774. The molecule has 3 aromatic rings. The lowest BCUT2D eigenvalue weighted by molar-refractivity contribution is 0.102. The molecule has 1 aromatic heterocycles. The highest BCUT2D eigenvalue weighted by Gasteiger charge is 2.14. The Bertz CT molecular complexity index is 985. The van der Waals surface area contributed by atoms with Crippen molar-refractivity contribution in [3.8, 4) is 0 Å². The van der Waals surface area contributed by atoms with Gasteiger partial charge in [-0.3, -0.25) is 10.2 Å². The van der Waals surface area contributed by atoms with Crippen LogP contribution in [0.25, 0.3) is 11.0 Å². The van der Waals surface area contributed by atoms with E-state index in [1.54, 1.807) is 42.5 Å². The zero-order chi connectivity index (χ0) is 16.6. The van der Waals surface area contributed by atoms with Crippen LogP contribution >= 0.6 is 39.1 Å². The molecule has 23 heavy (non-hydrogen) atoms. The second-order valence-electron chi connectivity index (χ2n) is 4.73. The number of carbonyl (C=O) groups excluding carboxylic acids is 1. The summed E-state index contributed by atoms with van der Waals surface area (Å²) in [7, 11) is 0. The van der Waals surface area contributed by atoms with Crippen LogP contribution in [0.1, 0.15) is 10.4 Å². The van der Waals surface area contributed by atoms with Crippen LogP contribution in [0.2, 0.25) is 10.0 Å². The molecule has 7 heteroatoms. The number of nitrogens with one attached hydrogen (secondary N) is 2. The Balaban J connectivity index is 2.02. The number of hydrogen-bond donors (Lipinski definition) is 2. The smallest absolute Gasteiger partial charge is 0.261 e. The number of fused-ring (bicyclic) bond motifs is 1. The molecule has 3 rings (SSSR count). The van der Waals surface area contributed by atoms with E-state index in [4.69, 9.17) is 33.0 Å². The summed E-state index contributed by atoms with van der Waals surface area (Å²) in [6, 6.07) is 11.9. The minimum atomic E-state index is -0.496. The Morgan fingerprint density at radius 2 is 1.96 bits per heavy atom. The first-order chi connectivity index (χ1) is 11.0. The van der Waals surface area contributed by atoms with Gasteiger partial charge in [-0.05, 0) is 36.4 Å². The van der Waals surface area contributed by atoms with E-state index in [0.29, 0.717) is 21.7 Å². The zero-order valence-corrected chi connectivity index (χ0v) is 14.6. The molecule has 2 N–H and O–H groups in total. The third-order valence-electron chi connectivity index (χ3n) is 3.17. The predicted molar refractivity (Wildman–Crippen MR) is 94.2 cm³/mol. The van der Waals surface area contributed by atoms with E-state index in [-0.39, 0.29) is 16.1 Å². The largest absolute Gasteiger partial charge is 0.438 e. The molecule has 4 nitrogen and oxygen atoms in total. The standard InChI is InChI=1S/C16H9BrCl2N2O2/c17-9-4-5-13-8(6-9)7-10(15(20)23-13)16(22)21-12-3-1-2-11(18)14(12)19/h1-7,20H,(H,21,22). The number of carbonyl (C=O) groups is 1. The molecule has 0 bridgehead atoms. The second kappa shape index (κ2) is 6.35. The average Bonchev–Trinajstić information content (AvgIpc) is 2.51. The maximum atomic E-state index is 12.4. The molecule has 0 saturated heterocycles. The number of halogens is 3. The molecule has 1 amide bonds. The van der Waals surface area contributed by atoms with Crippen molar-refractivity contribution in [2.45, 2.75) is 0 Å². The van der Waals surface area contributed by atoms with Gasteiger partial charge in [-0.15, -0.1) is 0 Å². The van der Waals surface area contributed by atoms with Crippen molar-refractivity contribution in [2.75, 3.05) is 5.32 Å². The van der Waals surface area contributed by atoms with E-state index < -0.39 is 5.91 Å². The zero-order valence-electron chi connectivity index (χ0n) is 11.5. The van der Waals surface area contributed by atoms with Gasteiger partial charge in [-0.1, -0.05) is 45.2 Å². The summed E-state index contributed by atoms with van der Waals surface area (Å²) in [4.78, 5) is 12.4. The topological polar surface area (TPSA) is 66.1 Å². The van der Waals surface area contributed by atoms with E-state index >= 15 is 0 Å². The molecular weight excluding hydrogens is 403 g/mol. The Labute approximate surface area is 149 Å². The number of hydrogen-bond acceptors (Lipinski definition) is 3. The molecule has 0 atom stereocenters. The first-order valence-corrected chi connectivity index (χ1v) is 8.04. The van der Waals surface area contributed by atoms with E-state index in [2.05, 4.69) is 21.2 Å². The highest BCUT2D eigenvalue weighted by molar-refractivity contribution is 9.10. The van der Waals surface area contributed by atoms with Gasteiger partial charge in [0.2, 0.25) is 5.55 Å². The predicted octanol–water partition coefficient (Wildman–Crippen LogP) is 5.23. The number of amides is 1. The maximum absolute atomic E-state index is 12.4. The molecule has 0 aliphatic carbocycles. The molecule has 0 aliphatic rings. The van der Waals surface area contributed by atoms with Crippen LogP contribution in [0, 0.1) is 5.41 Å². The maximum Gasteiger partial charge on any atom is 0.261 e. The van der Waals surface area contributed by atoms with Crippen LogP contribution in [0.5, 0.6) is 0 Å². The first kappa shape index (κ1) is 16.1. The van der Waals surface area contributed by atoms with Gasteiger partial charge < -0.3 is 9.73 Å². The number of benzene rings is 2. The molecule has 0 fully saturated rings. The van der Waals surface area contributed by atoms with Gasteiger partial charge in [-0.25, -0.2) is 0 Å². The third kappa shape index (κ3) is 3.27. The van der Waals surface area contributed by atoms with E-state index in [9.17, 15) is 4.79 Å². The molecule has 0 unspecified atom stereocenters. The molecule has 0 radical (unpaired) electrons. The third-order valence-corrected chi connectivity index (χ3v) is 4.48. The minimum Gasteiger partial charge on any atom is -0.438 e. The van der Waals surface area contributed by atoms with Crippen molar-refractivity contribution in [1.29, 1.82) is 5.41 Å². The van der Waals surface area contributed by atoms with Crippen LogP contribution in [0.15, 0.2) is 51.4 Å². The van der Waals surface area contributed by atoms with Gasteiger partial charge in [0.05, 0.1) is 15.7 Å². The van der Waals surface area contributed by atoms with Crippen LogP contribution in [-0.2, 0) is 0 Å². The lowest BCUT2D eigenvalue weighted by Crippen LogP contribution is -2.21. The quantitative estimate of drug-likeness (QED) is 0.605. The van der Waals surface area contributed by atoms with Crippen molar-refractivity contribution in [2.24, 2.45) is 0 Å². The summed E-state index contributed by atoms with van der Waals surface area (Å²) >= 11 is 15.3. The molecule has 0 spiro atoms. The van der Waals surface area contributed by atoms with Gasteiger partial charge in [0.25, 0.3) is 5.91 Å².